The number of aliphatic imine (C=N–C) groups is 1. The monoisotopic (exact) mass is 254 g/mol. The van der Waals surface area contributed by atoms with Gasteiger partial charge in [-0.15, -0.1) is 0 Å². The Morgan fingerprint density at radius 2 is 1.67 bits per heavy atom. The Balaban J connectivity index is 2.77. The van der Waals surface area contributed by atoms with Crippen LogP contribution in [0.5, 0.6) is 0 Å². The van der Waals surface area contributed by atoms with Gasteiger partial charge in [-0.3, -0.25) is 0 Å². The highest BCUT2D eigenvalue weighted by molar-refractivity contribution is 5.74. The number of rotatable bonds is 3. The zero-order valence-electron chi connectivity index (χ0n) is 12.8. The number of amidine groups is 1. The first-order valence-corrected chi connectivity index (χ1v) is 7.48. The van der Waals surface area contributed by atoms with Crippen LogP contribution in [0.15, 0.2) is 4.99 Å². The molecule has 106 valence electrons. The molecular formula is C15H30N2O. The van der Waals surface area contributed by atoms with E-state index in [1.807, 2.05) is 0 Å². The van der Waals surface area contributed by atoms with Crippen molar-refractivity contribution in [1.29, 1.82) is 0 Å². The van der Waals surface area contributed by atoms with Crippen LogP contribution < -0.4 is 0 Å². The van der Waals surface area contributed by atoms with Gasteiger partial charge < -0.3 is 9.64 Å². The minimum Gasteiger partial charge on any atom is -0.459 e. The summed E-state index contributed by atoms with van der Waals surface area (Å²) in [5.41, 5.74) is -0.171. The molecule has 1 rings (SSSR count). The molecule has 1 aliphatic carbocycles. The van der Waals surface area contributed by atoms with Crippen molar-refractivity contribution in [3.05, 3.63) is 0 Å². The van der Waals surface area contributed by atoms with Crippen LogP contribution in [-0.2, 0) is 4.74 Å². The van der Waals surface area contributed by atoms with Gasteiger partial charge in [0, 0.05) is 13.1 Å². The molecular weight excluding hydrogens is 224 g/mol. The van der Waals surface area contributed by atoms with E-state index in [0.29, 0.717) is 6.04 Å². The standard InChI is InChI=1S/C15H30N2O/c1-6-17(7-2)14(18-15(3,4)5)16-13-11-9-8-10-12-13/h13H,6-12H2,1-5H3/b16-14-. The first-order valence-electron chi connectivity index (χ1n) is 7.48. The van der Waals surface area contributed by atoms with Gasteiger partial charge in [-0.2, -0.15) is 0 Å². The molecule has 0 bridgehead atoms. The van der Waals surface area contributed by atoms with Crippen molar-refractivity contribution in [2.75, 3.05) is 13.1 Å². The van der Waals surface area contributed by atoms with E-state index < -0.39 is 0 Å². The quantitative estimate of drug-likeness (QED) is 0.565. The Bertz CT molecular complexity index is 258. The molecule has 0 N–H and O–H groups in total. The highest BCUT2D eigenvalue weighted by Crippen LogP contribution is 2.21. The third-order valence-electron chi connectivity index (χ3n) is 3.30. The molecule has 0 amide bonds. The van der Waals surface area contributed by atoms with Gasteiger partial charge in [0.1, 0.15) is 5.60 Å². The van der Waals surface area contributed by atoms with E-state index in [9.17, 15) is 0 Å². The van der Waals surface area contributed by atoms with Crippen molar-refractivity contribution >= 4 is 6.02 Å². The maximum atomic E-state index is 6.06. The smallest absolute Gasteiger partial charge is 0.288 e. The molecule has 0 saturated heterocycles. The van der Waals surface area contributed by atoms with E-state index in [-0.39, 0.29) is 5.60 Å². The summed E-state index contributed by atoms with van der Waals surface area (Å²) in [6.45, 7) is 12.5. The summed E-state index contributed by atoms with van der Waals surface area (Å²) in [6.07, 6.45) is 6.44. The molecule has 18 heavy (non-hydrogen) atoms. The van der Waals surface area contributed by atoms with Gasteiger partial charge in [0.15, 0.2) is 0 Å². The van der Waals surface area contributed by atoms with Gasteiger partial charge in [-0.05, 0) is 47.5 Å². The summed E-state index contributed by atoms with van der Waals surface area (Å²) in [5.74, 6) is 0. The van der Waals surface area contributed by atoms with Crippen LogP contribution >= 0.6 is 0 Å². The summed E-state index contributed by atoms with van der Waals surface area (Å²) in [6, 6.07) is 1.32. The molecule has 0 aromatic heterocycles. The molecule has 1 aliphatic rings. The fourth-order valence-corrected chi connectivity index (χ4v) is 2.31. The van der Waals surface area contributed by atoms with Crippen molar-refractivity contribution in [3.8, 4) is 0 Å². The second-order valence-corrected chi connectivity index (χ2v) is 6.09. The van der Waals surface area contributed by atoms with Crippen molar-refractivity contribution in [3.63, 3.8) is 0 Å². The lowest BCUT2D eigenvalue weighted by molar-refractivity contribution is 0.0867. The SMILES string of the molecule is CCN(CC)/C(=N/C1CCCCC1)OC(C)(C)C. The lowest BCUT2D eigenvalue weighted by Crippen LogP contribution is -2.39. The predicted octanol–water partition coefficient (Wildman–Crippen LogP) is 3.83. The van der Waals surface area contributed by atoms with Gasteiger partial charge in [-0.25, -0.2) is 4.99 Å². The molecule has 0 aliphatic heterocycles. The fraction of sp³-hybridized carbons (Fsp3) is 0.933. The van der Waals surface area contributed by atoms with Crippen molar-refractivity contribution in [1.82, 2.24) is 4.90 Å². The second kappa shape index (κ2) is 7.01. The summed E-state index contributed by atoms with van der Waals surface area (Å²) in [7, 11) is 0. The van der Waals surface area contributed by atoms with Gasteiger partial charge >= 0.3 is 0 Å². The average molecular weight is 254 g/mol. The molecule has 0 aromatic rings. The number of nitrogens with zero attached hydrogens (tertiary/aromatic N) is 2. The Morgan fingerprint density at radius 1 is 1.11 bits per heavy atom. The minimum atomic E-state index is -0.171. The molecule has 3 heteroatoms. The Kier molecular flexibility index (Phi) is 5.97. The molecule has 0 unspecified atom stereocenters. The van der Waals surface area contributed by atoms with E-state index in [1.165, 1.54) is 32.1 Å². The second-order valence-electron chi connectivity index (χ2n) is 6.09. The van der Waals surface area contributed by atoms with Crippen molar-refractivity contribution < 1.29 is 4.74 Å². The molecule has 3 nitrogen and oxygen atoms in total. The van der Waals surface area contributed by atoms with Crippen LogP contribution in [0.25, 0.3) is 0 Å². The van der Waals surface area contributed by atoms with Crippen LogP contribution in [0, 0.1) is 0 Å². The van der Waals surface area contributed by atoms with E-state index in [0.717, 1.165) is 19.1 Å². The lowest BCUT2D eigenvalue weighted by Gasteiger charge is -2.31. The first-order chi connectivity index (χ1) is 8.46. The molecule has 0 heterocycles. The Hall–Kier alpha value is -0.730. The van der Waals surface area contributed by atoms with Crippen molar-refractivity contribution in [2.45, 2.75) is 78.4 Å². The number of hydrogen-bond acceptors (Lipinski definition) is 2. The van der Waals surface area contributed by atoms with Crippen LogP contribution in [0.4, 0.5) is 0 Å². The van der Waals surface area contributed by atoms with E-state index in [1.54, 1.807) is 0 Å². The van der Waals surface area contributed by atoms with Crippen LogP contribution in [0.2, 0.25) is 0 Å². The summed E-state index contributed by atoms with van der Waals surface area (Å²) in [5, 5.41) is 0. The first kappa shape index (κ1) is 15.3. The number of hydrogen-bond donors (Lipinski definition) is 0. The summed E-state index contributed by atoms with van der Waals surface area (Å²) in [4.78, 5) is 7.11. The molecule has 1 fully saturated rings. The van der Waals surface area contributed by atoms with Crippen LogP contribution in [0.3, 0.4) is 0 Å². The zero-order chi connectivity index (χ0) is 13.6. The molecule has 1 saturated carbocycles. The molecule has 0 atom stereocenters. The highest BCUT2D eigenvalue weighted by Gasteiger charge is 2.21. The van der Waals surface area contributed by atoms with E-state index in [4.69, 9.17) is 9.73 Å². The minimum absolute atomic E-state index is 0.171. The largest absolute Gasteiger partial charge is 0.459 e. The topological polar surface area (TPSA) is 24.8 Å². The molecule has 0 spiro atoms. The lowest BCUT2D eigenvalue weighted by atomic mass is 9.96. The number of ether oxygens (including phenoxy) is 1. The summed E-state index contributed by atoms with van der Waals surface area (Å²) >= 11 is 0. The van der Waals surface area contributed by atoms with E-state index in [2.05, 4.69) is 39.5 Å². The normalized spacial score (nSPS) is 18.8. The zero-order valence-corrected chi connectivity index (χ0v) is 12.8. The van der Waals surface area contributed by atoms with Gasteiger partial charge in [0.2, 0.25) is 0 Å². The van der Waals surface area contributed by atoms with Crippen LogP contribution in [-0.4, -0.2) is 35.7 Å². The van der Waals surface area contributed by atoms with Gasteiger partial charge in [0.05, 0.1) is 6.04 Å². The predicted molar refractivity (Wildman–Crippen MR) is 78.1 cm³/mol. The summed E-state index contributed by atoms with van der Waals surface area (Å²) < 4.78 is 6.06. The van der Waals surface area contributed by atoms with Crippen molar-refractivity contribution in [2.24, 2.45) is 4.99 Å². The molecule has 0 radical (unpaired) electrons. The van der Waals surface area contributed by atoms with Gasteiger partial charge in [0.25, 0.3) is 6.02 Å². The Morgan fingerprint density at radius 3 is 2.11 bits per heavy atom. The average Bonchev–Trinajstić information content (AvgIpc) is 2.29. The Labute approximate surface area is 113 Å². The fourth-order valence-electron chi connectivity index (χ4n) is 2.31. The van der Waals surface area contributed by atoms with Gasteiger partial charge in [-0.1, -0.05) is 19.3 Å². The third kappa shape index (κ3) is 5.28. The van der Waals surface area contributed by atoms with E-state index >= 15 is 0 Å². The highest BCUT2D eigenvalue weighted by atomic mass is 16.5. The third-order valence-corrected chi connectivity index (χ3v) is 3.30. The molecule has 0 aromatic carbocycles. The maximum Gasteiger partial charge on any atom is 0.288 e. The van der Waals surface area contributed by atoms with Crippen LogP contribution in [0.1, 0.15) is 66.7 Å². The maximum absolute atomic E-state index is 6.06.